The average Bonchev–Trinajstić information content (AvgIpc) is 3.24. The van der Waals surface area contributed by atoms with Gasteiger partial charge in [0.2, 0.25) is 5.95 Å². The molecule has 1 aliphatic heterocycles. The number of H-pyrrole nitrogens is 1. The van der Waals surface area contributed by atoms with Gasteiger partial charge < -0.3 is 20.3 Å². The number of nitrogens with one attached hydrogen (secondary N) is 2. The number of carboxylic acid groups (broad SMARTS) is 1. The summed E-state index contributed by atoms with van der Waals surface area (Å²) in [6.07, 6.45) is 0.919. The van der Waals surface area contributed by atoms with Crippen LogP contribution in [0.2, 0.25) is 5.15 Å². The van der Waals surface area contributed by atoms with E-state index in [0.29, 0.717) is 48.9 Å². The van der Waals surface area contributed by atoms with Crippen LogP contribution in [0.3, 0.4) is 0 Å². The molecule has 3 aromatic heterocycles. The van der Waals surface area contributed by atoms with Crippen LogP contribution >= 0.6 is 11.6 Å². The van der Waals surface area contributed by atoms with Crippen molar-refractivity contribution in [1.29, 1.82) is 0 Å². The van der Waals surface area contributed by atoms with Crippen molar-refractivity contribution in [2.24, 2.45) is 5.41 Å². The fraction of sp³-hybridized carbons (Fsp3) is 0.370. The number of benzene rings is 1. The average molecular weight is 535 g/mol. The first-order chi connectivity index (χ1) is 18.0. The Labute approximate surface area is 226 Å². The van der Waals surface area contributed by atoms with E-state index in [1.54, 1.807) is 17.2 Å². The van der Waals surface area contributed by atoms with Crippen molar-refractivity contribution in [1.82, 2.24) is 34.7 Å². The van der Waals surface area contributed by atoms with Crippen LogP contribution in [-0.2, 0) is 6.54 Å². The van der Waals surface area contributed by atoms with E-state index in [9.17, 15) is 9.90 Å². The second-order valence-electron chi connectivity index (χ2n) is 10.7. The van der Waals surface area contributed by atoms with Gasteiger partial charge in [-0.25, -0.2) is 24.7 Å². The van der Waals surface area contributed by atoms with Crippen LogP contribution in [0.15, 0.2) is 42.6 Å². The molecule has 1 aliphatic rings. The summed E-state index contributed by atoms with van der Waals surface area (Å²) >= 11 is 6.12. The molecular weight excluding hydrogens is 504 g/mol. The highest BCUT2D eigenvalue weighted by Gasteiger charge is 2.37. The zero-order chi connectivity index (χ0) is 27.0. The largest absolute Gasteiger partial charge is 0.465 e. The molecule has 1 unspecified atom stereocenters. The summed E-state index contributed by atoms with van der Waals surface area (Å²) in [5, 5.41) is 13.3. The molecule has 0 spiro atoms. The topological polar surface area (TPSA) is 123 Å². The molecule has 0 bridgehead atoms. The molecule has 1 aromatic carbocycles. The van der Waals surface area contributed by atoms with Crippen LogP contribution in [0.4, 0.5) is 16.6 Å². The highest BCUT2D eigenvalue weighted by Crippen LogP contribution is 2.29. The van der Waals surface area contributed by atoms with Crippen LogP contribution in [0.25, 0.3) is 22.3 Å². The van der Waals surface area contributed by atoms with Gasteiger partial charge in [-0.1, -0.05) is 38.4 Å². The van der Waals surface area contributed by atoms with Crippen LogP contribution in [0, 0.1) is 12.3 Å². The maximum absolute atomic E-state index is 11.7. The van der Waals surface area contributed by atoms with Gasteiger partial charge in [0.05, 0.1) is 22.8 Å². The molecule has 3 N–H and O–H groups in total. The first-order valence-corrected chi connectivity index (χ1v) is 12.9. The number of amides is 1. The van der Waals surface area contributed by atoms with Gasteiger partial charge >= 0.3 is 6.09 Å². The number of aryl methyl sites for hydroxylation is 1. The quantitative estimate of drug-likeness (QED) is 0.293. The fourth-order valence-electron chi connectivity index (χ4n) is 4.88. The second-order valence-corrected chi connectivity index (χ2v) is 11.1. The number of rotatable bonds is 5. The molecule has 1 atom stereocenters. The minimum Gasteiger partial charge on any atom is -0.465 e. The SMILES string of the molecule is Cc1nc(Cl)cc(-c2ccc3nc(Nc4cc(CN5CCN(C(=O)O)C(C(C)(C)C)C5)ccn4)[nH]c3c2)n1. The summed E-state index contributed by atoms with van der Waals surface area (Å²) in [5.41, 5.74) is 4.28. The number of carbonyl (C=O) groups is 1. The molecule has 0 radical (unpaired) electrons. The summed E-state index contributed by atoms with van der Waals surface area (Å²) in [7, 11) is 0. The molecule has 11 heteroatoms. The first-order valence-electron chi connectivity index (χ1n) is 12.5. The number of hydrogen-bond acceptors (Lipinski definition) is 7. The number of imidazole rings is 1. The third-order valence-corrected chi connectivity index (χ3v) is 6.96. The van der Waals surface area contributed by atoms with Crippen molar-refractivity contribution in [3.05, 3.63) is 59.1 Å². The molecule has 10 nitrogen and oxygen atoms in total. The highest BCUT2D eigenvalue weighted by atomic mass is 35.5. The Balaban J connectivity index is 1.30. The Hall–Kier alpha value is -3.76. The number of aromatic amines is 1. The van der Waals surface area contributed by atoms with Gasteiger partial charge in [0.15, 0.2) is 0 Å². The second kappa shape index (κ2) is 10.2. The zero-order valence-corrected chi connectivity index (χ0v) is 22.6. The summed E-state index contributed by atoms with van der Waals surface area (Å²) in [6, 6.07) is 11.5. The molecule has 1 saturated heterocycles. The Morgan fingerprint density at radius 3 is 2.71 bits per heavy atom. The number of halogens is 1. The lowest BCUT2D eigenvalue weighted by Gasteiger charge is -2.46. The van der Waals surface area contributed by atoms with E-state index in [1.807, 2.05) is 37.3 Å². The normalized spacial score (nSPS) is 16.7. The van der Waals surface area contributed by atoms with Gasteiger partial charge in [-0.15, -0.1) is 0 Å². The van der Waals surface area contributed by atoms with Gasteiger partial charge in [-0.3, -0.25) is 4.90 Å². The van der Waals surface area contributed by atoms with Crippen molar-refractivity contribution in [3.8, 4) is 11.3 Å². The number of pyridine rings is 1. The predicted octanol–water partition coefficient (Wildman–Crippen LogP) is 5.33. The molecule has 1 amide bonds. The van der Waals surface area contributed by atoms with Gasteiger partial charge in [0.25, 0.3) is 0 Å². The van der Waals surface area contributed by atoms with Crippen LogP contribution < -0.4 is 5.32 Å². The minimum atomic E-state index is -0.853. The zero-order valence-electron chi connectivity index (χ0n) is 21.9. The van der Waals surface area contributed by atoms with E-state index in [4.69, 9.17) is 11.6 Å². The molecule has 4 aromatic rings. The Kier molecular flexibility index (Phi) is 6.93. The molecule has 1 fully saturated rings. The van der Waals surface area contributed by atoms with Crippen molar-refractivity contribution in [2.45, 2.75) is 40.3 Å². The van der Waals surface area contributed by atoms with E-state index >= 15 is 0 Å². The Morgan fingerprint density at radius 1 is 1.16 bits per heavy atom. The molecular formula is C27H31ClN8O2. The van der Waals surface area contributed by atoms with Crippen LogP contribution in [0.1, 0.15) is 32.2 Å². The van der Waals surface area contributed by atoms with Gasteiger partial charge in [-0.05, 0) is 42.2 Å². The van der Waals surface area contributed by atoms with Gasteiger partial charge in [0, 0.05) is 44.0 Å². The van der Waals surface area contributed by atoms with Gasteiger partial charge in [0.1, 0.15) is 16.8 Å². The van der Waals surface area contributed by atoms with E-state index < -0.39 is 6.09 Å². The molecule has 5 rings (SSSR count). The maximum atomic E-state index is 11.7. The van der Waals surface area contributed by atoms with Crippen LogP contribution in [-0.4, -0.2) is 71.6 Å². The Bertz CT molecular complexity index is 1460. The maximum Gasteiger partial charge on any atom is 0.407 e. The van der Waals surface area contributed by atoms with Crippen molar-refractivity contribution >= 4 is 40.5 Å². The first kappa shape index (κ1) is 25.9. The predicted molar refractivity (Wildman–Crippen MR) is 148 cm³/mol. The fourth-order valence-corrected chi connectivity index (χ4v) is 5.11. The lowest BCUT2D eigenvalue weighted by Crippen LogP contribution is -2.59. The molecule has 0 aliphatic carbocycles. The van der Waals surface area contributed by atoms with E-state index in [-0.39, 0.29) is 11.5 Å². The summed E-state index contributed by atoms with van der Waals surface area (Å²) in [6.45, 7) is 10.7. The smallest absolute Gasteiger partial charge is 0.407 e. The summed E-state index contributed by atoms with van der Waals surface area (Å²) < 4.78 is 0. The van der Waals surface area contributed by atoms with E-state index in [2.05, 4.69) is 55.9 Å². The number of anilines is 2. The van der Waals surface area contributed by atoms with Crippen LogP contribution in [0.5, 0.6) is 0 Å². The molecule has 0 saturated carbocycles. The van der Waals surface area contributed by atoms with Crippen molar-refractivity contribution in [3.63, 3.8) is 0 Å². The highest BCUT2D eigenvalue weighted by molar-refractivity contribution is 6.29. The lowest BCUT2D eigenvalue weighted by atomic mass is 9.84. The minimum absolute atomic E-state index is 0.0732. The third-order valence-electron chi connectivity index (χ3n) is 6.77. The third kappa shape index (κ3) is 5.71. The monoisotopic (exact) mass is 534 g/mol. The van der Waals surface area contributed by atoms with E-state index in [0.717, 1.165) is 27.9 Å². The molecule has 198 valence electrons. The van der Waals surface area contributed by atoms with Gasteiger partial charge in [-0.2, -0.15) is 0 Å². The summed E-state index contributed by atoms with van der Waals surface area (Å²) in [5.74, 6) is 1.88. The number of aromatic nitrogens is 5. The lowest BCUT2D eigenvalue weighted by molar-refractivity contribution is 0.0190. The standard InChI is InChI=1S/C27H31ClN8O2/c1-16-30-20(13-23(28)31-16)18-5-6-19-21(12-18)33-25(32-19)34-24-11-17(7-8-29-24)14-35-9-10-36(26(37)38)22(15-35)27(2,3)4/h5-8,11-13,22H,9-10,14-15H2,1-4H3,(H,37,38)(H2,29,32,33,34). The van der Waals surface area contributed by atoms with E-state index in [1.165, 1.54) is 0 Å². The van der Waals surface area contributed by atoms with Crippen molar-refractivity contribution in [2.75, 3.05) is 25.0 Å². The molecule has 38 heavy (non-hydrogen) atoms. The summed E-state index contributed by atoms with van der Waals surface area (Å²) in [4.78, 5) is 36.7. The Morgan fingerprint density at radius 2 is 1.97 bits per heavy atom. The molecule has 4 heterocycles. The number of nitrogens with zero attached hydrogens (tertiary/aromatic N) is 6. The number of fused-ring (bicyclic) bond motifs is 1. The number of piperazine rings is 1. The number of hydrogen-bond donors (Lipinski definition) is 3. The van der Waals surface area contributed by atoms with Crippen molar-refractivity contribution < 1.29 is 9.90 Å².